The molecule has 3 heterocycles. The van der Waals surface area contributed by atoms with Crippen molar-refractivity contribution in [1.82, 2.24) is 14.8 Å². The second-order valence-corrected chi connectivity index (χ2v) is 7.84. The number of furan rings is 1. The molecular weight excluding hydrogens is 422 g/mol. The number of halogens is 1. The molecule has 1 amide bonds. The highest BCUT2D eigenvalue weighted by atomic mass is 79.9. The molecule has 0 N–H and O–H groups in total. The Labute approximate surface area is 172 Å². The molecule has 1 aromatic carbocycles. The topological polar surface area (TPSA) is 62.7 Å². The number of carbonyl (C=O) groups excluding carboxylic acids is 1. The lowest BCUT2D eigenvalue weighted by Crippen LogP contribution is -2.48. The summed E-state index contributed by atoms with van der Waals surface area (Å²) in [6.45, 7) is 7.65. The Morgan fingerprint density at radius 2 is 1.75 bits per heavy atom. The second kappa shape index (κ2) is 7.93. The molecule has 7 heteroatoms. The Bertz CT molecular complexity index is 969. The Morgan fingerprint density at radius 1 is 1.04 bits per heavy atom. The van der Waals surface area contributed by atoms with Gasteiger partial charge < -0.3 is 13.7 Å². The van der Waals surface area contributed by atoms with Crippen LogP contribution in [0.15, 0.2) is 49.9 Å². The number of carbonyl (C=O) groups is 1. The van der Waals surface area contributed by atoms with E-state index >= 15 is 0 Å². The molecule has 4 rings (SSSR count). The summed E-state index contributed by atoms with van der Waals surface area (Å²) in [5.41, 5.74) is 3.15. The van der Waals surface area contributed by atoms with Crippen molar-refractivity contribution in [3.8, 4) is 11.5 Å². The zero-order valence-electron chi connectivity index (χ0n) is 15.9. The van der Waals surface area contributed by atoms with Gasteiger partial charge in [-0.3, -0.25) is 9.69 Å². The summed E-state index contributed by atoms with van der Waals surface area (Å²) in [7, 11) is 0. The quantitative estimate of drug-likeness (QED) is 0.602. The fourth-order valence-electron chi connectivity index (χ4n) is 3.30. The maximum Gasteiger partial charge on any atom is 0.289 e. The summed E-state index contributed by atoms with van der Waals surface area (Å²) in [4.78, 5) is 21.3. The van der Waals surface area contributed by atoms with Gasteiger partial charge in [-0.2, -0.15) is 0 Å². The Hall–Kier alpha value is -2.38. The molecular formula is C21H22BrN3O3. The number of rotatable bonds is 4. The average molecular weight is 444 g/mol. The molecule has 3 aromatic rings. The zero-order valence-corrected chi connectivity index (χ0v) is 17.5. The van der Waals surface area contributed by atoms with E-state index in [1.807, 2.05) is 24.0 Å². The Balaban J connectivity index is 1.37. The van der Waals surface area contributed by atoms with Crippen molar-refractivity contribution in [3.05, 3.63) is 63.8 Å². The molecule has 6 nitrogen and oxygen atoms in total. The number of amides is 1. The molecule has 0 atom stereocenters. The number of oxazole rings is 1. The number of hydrogen-bond donors (Lipinski definition) is 0. The first-order valence-corrected chi connectivity index (χ1v) is 10.1. The number of piperazine rings is 1. The summed E-state index contributed by atoms with van der Waals surface area (Å²) in [5.74, 6) is 1.80. The minimum atomic E-state index is -0.0652. The molecule has 0 saturated carbocycles. The van der Waals surface area contributed by atoms with Gasteiger partial charge in [0, 0.05) is 38.3 Å². The van der Waals surface area contributed by atoms with Crippen LogP contribution >= 0.6 is 15.9 Å². The summed E-state index contributed by atoms with van der Waals surface area (Å²) in [5, 5.41) is 0. The summed E-state index contributed by atoms with van der Waals surface area (Å²) < 4.78 is 11.8. The van der Waals surface area contributed by atoms with Crippen LogP contribution in [-0.4, -0.2) is 46.9 Å². The molecule has 1 aliphatic rings. The van der Waals surface area contributed by atoms with Crippen LogP contribution in [0.25, 0.3) is 11.5 Å². The van der Waals surface area contributed by atoms with Gasteiger partial charge in [-0.15, -0.1) is 0 Å². The fraction of sp³-hybridized carbons (Fsp3) is 0.333. The highest BCUT2D eigenvalue weighted by Gasteiger charge is 2.25. The van der Waals surface area contributed by atoms with E-state index in [1.54, 1.807) is 12.1 Å². The third-order valence-corrected chi connectivity index (χ3v) is 5.43. The van der Waals surface area contributed by atoms with Crippen molar-refractivity contribution in [2.45, 2.75) is 20.4 Å². The van der Waals surface area contributed by atoms with Gasteiger partial charge in [-0.05, 0) is 54.0 Å². The molecule has 1 saturated heterocycles. The highest BCUT2D eigenvalue weighted by Crippen LogP contribution is 2.23. The van der Waals surface area contributed by atoms with Gasteiger partial charge in [0.25, 0.3) is 5.91 Å². The van der Waals surface area contributed by atoms with E-state index in [4.69, 9.17) is 13.8 Å². The smallest absolute Gasteiger partial charge is 0.289 e. The molecule has 146 valence electrons. The molecule has 0 radical (unpaired) electrons. The van der Waals surface area contributed by atoms with E-state index in [1.165, 1.54) is 5.56 Å². The van der Waals surface area contributed by atoms with E-state index < -0.39 is 0 Å². The van der Waals surface area contributed by atoms with Crippen LogP contribution in [0.4, 0.5) is 0 Å². The van der Waals surface area contributed by atoms with Crippen LogP contribution in [0.1, 0.15) is 27.6 Å². The van der Waals surface area contributed by atoms with Crippen molar-refractivity contribution in [2.75, 3.05) is 26.2 Å². The first-order valence-electron chi connectivity index (χ1n) is 9.30. The lowest BCUT2D eigenvalue weighted by atomic mass is 10.1. The minimum Gasteiger partial charge on any atom is -0.444 e. The summed E-state index contributed by atoms with van der Waals surface area (Å²) in [6, 6.07) is 11.6. The first-order chi connectivity index (χ1) is 13.5. The monoisotopic (exact) mass is 443 g/mol. The first kappa shape index (κ1) is 19.0. The second-order valence-electron chi connectivity index (χ2n) is 7.06. The van der Waals surface area contributed by atoms with Gasteiger partial charge in [0.2, 0.25) is 5.89 Å². The highest BCUT2D eigenvalue weighted by molar-refractivity contribution is 9.10. The number of aryl methyl sites for hydroxylation is 2. The molecule has 28 heavy (non-hydrogen) atoms. The summed E-state index contributed by atoms with van der Waals surface area (Å²) >= 11 is 3.24. The van der Waals surface area contributed by atoms with Crippen molar-refractivity contribution in [1.29, 1.82) is 0 Å². The van der Waals surface area contributed by atoms with Gasteiger partial charge in [-0.1, -0.05) is 17.7 Å². The van der Waals surface area contributed by atoms with Crippen LogP contribution in [0.3, 0.4) is 0 Å². The van der Waals surface area contributed by atoms with Crippen LogP contribution < -0.4 is 0 Å². The number of aromatic nitrogens is 1. The van der Waals surface area contributed by atoms with Crippen molar-refractivity contribution < 1.29 is 13.6 Å². The van der Waals surface area contributed by atoms with E-state index in [9.17, 15) is 4.79 Å². The van der Waals surface area contributed by atoms with Crippen molar-refractivity contribution in [3.63, 3.8) is 0 Å². The fourth-order valence-corrected chi connectivity index (χ4v) is 3.61. The van der Waals surface area contributed by atoms with Gasteiger partial charge in [-0.25, -0.2) is 4.98 Å². The molecule has 0 unspecified atom stereocenters. The maximum atomic E-state index is 12.5. The van der Waals surface area contributed by atoms with Crippen LogP contribution in [0.5, 0.6) is 0 Å². The van der Waals surface area contributed by atoms with Gasteiger partial charge in [0.15, 0.2) is 10.4 Å². The van der Waals surface area contributed by atoms with Crippen LogP contribution in [0, 0.1) is 13.8 Å². The normalized spacial score (nSPS) is 15.2. The molecule has 0 spiro atoms. The third kappa shape index (κ3) is 4.05. The zero-order chi connectivity index (χ0) is 19.7. The number of benzene rings is 1. The molecule has 1 aliphatic heterocycles. The van der Waals surface area contributed by atoms with Gasteiger partial charge >= 0.3 is 0 Å². The van der Waals surface area contributed by atoms with E-state index in [2.05, 4.69) is 39.9 Å². The van der Waals surface area contributed by atoms with Crippen molar-refractivity contribution in [2.24, 2.45) is 0 Å². The largest absolute Gasteiger partial charge is 0.444 e. The lowest BCUT2D eigenvalue weighted by Gasteiger charge is -2.33. The molecule has 2 aromatic heterocycles. The lowest BCUT2D eigenvalue weighted by molar-refractivity contribution is 0.0594. The van der Waals surface area contributed by atoms with Crippen molar-refractivity contribution >= 4 is 21.8 Å². The Kier molecular flexibility index (Phi) is 5.37. The standard InChI is InChI=1S/C21H22BrN3O3/c1-14-3-5-16(6-4-14)20-23-17(15(2)27-20)13-24-9-11-25(12-10-24)21(26)18-7-8-19(22)28-18/h3-8H,9-13H2,1-2H3. The molecule has 0 bridgehead atoms. The summed E-state index contributed by atoms with van der Waals surface area (Å²) in [6.07, 6.45) is 0. The molecule has 1 fully saturated rings. The predicted molar refractivity (Wildman–Crippen MR) is 109 cm³/mol. The average Bonchev–Trinajstić information content (AvgIpc) is 3.28. The number of hydrogen-bond acceptors (Lipinski definition) is 5. The van der Waals surface area contributed by atoms with Gasteiger partial charge in [0.1, 0.15) is 5.76 Å². The molecule has 0 aliphatic carbocycles. The van der Waals surface area contributed by atoms with E-state index in [0.717, 1.165) is 36.7 Å². The van der Waals surface area contributed by atoms with E-state index in [-0.39, 0.29) is 5.91 Å². The SMILES string of the molecule is Cc1ccc(-c2nc(CN3CCN(C(=O)c4ccc(Br)o4)CC3)c(C)o2)cc1. The maximum absolute atomic E-state index is 12.5. The van der Waals surface area contributed by atoms with Gasteiger partial charge in [0.05, 0.1) is 5.69 Å². The third-order valence-electron chi connectivity index (χ3n) is 5.01. The van der Waals surface area contributed by atoms with E-state index in [0.29, 0.717) is 29.4 Å². The van der Waals surface area contributed by atoms with Crippen LogP contribution in [-0.2, 0) is 6.54 Å². The minimum absolute atomic E-state index is 0.0652. The number of nitrogens with zero attached hydrogens (tertiary/aromatic N) is 3. The Morgan fingerprint density at radius 3 is 2.39 bits per heavy atom. The predicted octanol–water partition coefficient (Wildman–Crippen LogP) is 4.27. The van der Waals surface area contributed by atoms with Crippen LogP contribution in [0.2, 0.25) is 0 Å².